The summed E-state index contributed by atoms with van der Waals surface area (Å²) in [5, 5.41) is 8.46. The van der Waals surface area contributed by atoms with Crippen molar-refractivity contribution < 1.29 is 9.90 Å². The normalized spacial score (nSPS) is 21.1. The average Bonchev–Trinajstić information content (AvgIpc) is 2.35. The molecule has 2 nitrogen and oxygen atoms in total. The van der Waals surface area contributed by atoms with Gasteiger partial charge in [0.1, 0.15) is 0 Å². The molecule has 1 heterocycles. The molecule has 12 heavy (non-hydrogen) atoms. The molecular weight excluding hydrogens is 192 g/mol. The summed E-state index contributed by atoms with van der Waals surface area (Å²) in [6.07, 6.45) is 2.21. The van der Waals surface area contributed by atoms with E-state index in [2.05, 4.69) is 6.92 Å². The van der Waals surface area contributed by atoms with Crippen molar-refractivity contribution in [3.8, 4) is 0 Å². The summed E-state index contributed by atoms with van der Waals surface area (Å²) in [6.45, 7) is 2.25. The summed E-state index contributed by atoms with van der Waals surface area (Å²) < 4.78 is 0. The zero-order valence-corrected chi connectivity index (χ0v) is 8.84. The molecule has 0 aliphatic carbocycles. The molecule has 0 amide bonds. The lowest BCUT2D eigenvalue weighted by Gasteiger charge is -2.20. The van der Waals surface area contributed by atoms with Gasteiger partial charge in [0.15, 0.2) is 0 Å². The molecule has 0 bridgehead atoms. The molecule has 1 saturated heterocycles. The first-order chi connectivity index (χ1) is 5.62. The summed E-state index contributed by atoms with van der Waals surface area (Å²) in [5.41, 5.74) is 0.394. The Kier molecular flexibility index (Phi) is 3.77. The van der Waals surface area contributed by atoms with Gasteiger partial charge in [0.25, 0.3) is 0 Å². The lowest BCUT2D eigenvalue weighted by Crippen LogP contribution is -2.18. The average molecular weight is 206 g/mol. The van der Waals surface area contributed by atoms with Crippen LogP contribution in [0.5, 0.6) is 0 Å². The Hall–Kier alpha value is 0.170. The Morgan fingerprint density at radius 1 is 1.50 bits per heavy atom. The van der Waals surface area contributed by atoms with Crippen LogP contribution < -0.4 is 0 Å². The van der Waals surface area contributed by atoms with Gasteiger partial charge in [-0.2, -0.15) is 0 Å². The molecule has 1 rings (SSSR count). The Balaban J connectivity index is 2.17. The van der Waals surface area contributed by atoms with Gasteiger partial charge in [0, 0.05) is 17.9 Å². The minimum atomic E-state index is -0.670. The molecule has 0 atom stereocenters. The standard InChI is InChI=1S/C8H14O2S2/c1-8(5-11-12-6-8)4-2-3-7(9)10/h2-6H2,1H3,(H,9,10). The van der Waals surface area contributed by atoms with Gasteiger partial charge in [-0.1, -0.05) is 28.5 Å². The smallest absolute Gasteiger partial charge is 0.303 e. The molecule has 0 spiro atoms. The lowest BCUT2D eigenvalue weighted by molar-refractivity contribution is -0.137. The third kappa shape index (κ3) is 3.27. The van der Waals surface area contributed by atoms with Gasteiger partial charge < -0.3 is 5.11 Å². The van der Waals surface area contributed by atoms with Crippen LogP contribution in [0.4, 0.5) is 0 Å². The fraction of sp³-hybridized carbons (Fsp3) is 0.875. The highest BCUT2D eigenvalue weighted by molar-refractivity contribution is 8.77. The van der Waals surface area contributed by atoms with E-state index < -0.39 is 5.97 Å². The van der Waals surface area contributed by atoms with Gasteiger partial charge >= 0.3 is 5.97 Å². The first kappa shape index (κ1) is 10.3. The summed E-state index contributed by atoms with van der Waals surface area (Å²) in [4.78, 5) is 10.3. The third-order valence-corrected chi connectivity index (χ3v) is 5.07. The van der Waals surface area contributed by atoms with Crippen LogP contribution in [0.25, 0.3) is 0 Å². The zero-order valence-electron chi connectivity index (χ0n) is 7.21. The SMILES string of the molecule is CC1(CCCC(=O)O)CSSC1. The van der Waals surface area contributed by atoms with Gasteiger partial charge in [-0.05, 0) is 18.3 Å². The van der Waals surface area contributed by atoms with E-state index in [9.17, 15) is 4.79 Å². The van der Waals surface area contributed by atoms with Crippen LogP contribution in [0.3, 0.4) is 0 Å². The predicted octanol–water partition coefficient (Wildman–Crippen LogP) is 2.64. The Bertz CT molecular complexity index is 164. The maximum Gasteiger partial charge on any atom is 0.303 e. The van der Waals surface area contributed by atoms with Crippen LogP contribution in [-0.4, -0.2) is 22.6 Å². The number of carboxylic acid groups (broad SMARTS) is 1. The van der Waals surface area contributed by atoms with Crippen molar-refractivity contribution in [1.82, 2.24) is 0 Å². The van der Waals surface area contributed by atoms with Gasteiger partial charge in [-0.25, -0.2) is 0 Å². The molecule has 0 radical (unpaired) electrons. The van der Waals surface area contributed by atoms with Crippen molar-refractivity contribution in [2.24, 2.45) is 5.41 Å². The topological polar surface area (TPSA) is 37.3 Å². The van der Waals surface area contributed by atoms with Crippen LogP contribution in [0.2, 0.25) is 0 Å². The third-order valence-electron chi connectivity index (χ3n) is 2.07. The molecule has 70 valence electrons. The molecule has 0 aromatic heterocycles. The van der Waals surface area contributed by atoms with E-state index >= 15 is 0 Å². The van der Waals surface area contributed by atoms with Crippen molar-refractivity contribution in [3.05, 3.63) is 0 Å². The zero-order chi connectivity index (χ0) is 9.03. The lowest BCUT2D eigenvalue weighted by atomic mass is 9.89. The van der Waals surface area contributed by atoms with Crippen molar-refractivity contribution in [2.45, 2.75) is 26.2 Å². The Labute approximate surface area is 80.9 Å². The number of aliphatic carboxylic acids is 1. The molecular formula is C8H14O2S2. The summed E-state index contributed by atoms with van der Waals surface area (Å²) in [5.74, 6) is 1.69. The number of hydrogen-bond donors (Lipinski definition) is 1. The fourth-order valence-corrected chi connectivity index (χ4v) is 4.79. The Morgan fingerprint density at radius 3 is 2.58 bits per heavy atom. The van der Waals surface area contributed by atoms with E-state index in [1.165, 1.54) is 11.5 Å². The van der Waals surface area contributed by atoms with E-state index in [0.29, 0.717) is 11.8 Å². The van der Waals surface area contributed by atoms with Crippen LogP contribution in [0.1, 0.15) is 26.2 Å². The van der Waals surface area contributed by atoms with Crippen LogP contribution in [-0.2, 0) is 4.79 Å². The minimum absolute atomic E-state index is 0.324. The van der Waals surface area contributed by atoms with Gasteiger partial charge in [0.05, 0.1) is 0 Å². The first-order valence-electron chi connectivity index (χ1n) is 4.09. The monoisotopic (exact) mass is 206 g/mol. The van der Waals surface area contributed by atoms with E-state index in [0.717, 1.165) is 12.8 Å². The second-order valence-electron chi connectivity index (χ2n) is 3.58. The number of carbonyl (C=O) groups is 1. The highest BCUT2D eigenvalue weighted by Crippen LogP contribution is 2.45. The van der Waals surface area contributed by atoms with Gasteiger partial charge in [-0.15, -0.1) is 0 Å². The van der Waals surface area contributed by atoms with Crippen LogP contribution >= 0.6 is 21.6 Å². The van der Waals surface area contributed by atoms with E-state index in [-0.39, 0.29) is 0 Å². The first-order valence-corrected chi connectivity index (χ1v) is 6.57. The summed E-state index contributed by atoms with van der Waals surface area (Å²) >= 11 is 0. The van der Waals surface area contributed by atoms with Crippen LogP contribution in [0, 0.1) is 5.41 Å². The molecule has 0 saturated carbocycles. The molecule has 0 aromatic carbocycles. The van der Waals surface area contributed by atoms with Gasteiger partial charge in [-0.3, -0.25) is 4.79 Å². The second kappa shape index (κ2) is 4.42. The maximum atomic E-state index is 10.3. The van der Waals surface area contributed by atoms with Gasteiger partial charge in [0.2, 0.25) is 0 Å². The van der Waals surface area contributed by atoms with Crippen molar-refractivity contribution in [3.63, 3.8) is 0 Å². The molecule has 0 unspecified atom stereocenters. The molecule has 4 heteroatoms. The van der Waals surface area contributed by atoms with E-state index in [1.54, 1.807) is 0 Å². The molecule has 1 aliphatic heterocycles. The predicted molar refractivity (Wildman–Crippen MR) is 54.5 cm³/mol. The quantitative estimate of drug-likeness (QED) is 0.718. The summed E-state index contributed by atoms with van der Waals surface area (Å²) in [6, 6.07) is 0. The largest absolute Gasteiger partial charge is 0.481 e. The second-order valence-corrected chi connectivity index (χ2v) is 6.05. The van der Waals surface area contributed by atoms with Crippen molar-refractivity contribution in [1.29, 1.82) is 0 Å². The van der Waals surface area contributed by atoms with Crippen LogP contribution in [0.15, 0.2) is 0 Å². The molecule has 1 fully saturated rings. The number of carboxylic acids is 1. The molecule has 1 N–H and O–H groups in total. The highest BCUT2D eigenvalue weighted by Gasteiger charge is 2.29. The highest BCUT2D eigenvalue weighted by atomic mass is 33.1. The molecule has 0 aromatic rings. The maximum absolute atomic E-state index is 10.3. The summed E-state index contributed by atoms with van der Waals surface area (Å²) in [7, 11) is 3.82. The van der Waals surface area contributed by atoms with Crippen molar-refractivity contribution in [2.75, 3.05) is 11.5 Å². The number of rotatable bonds is 4. The Morgan fingerprint density at radius 2 is 2.08 bits per heavy atom. The minimum Gasteiger partial charge on any atom is -0.481 e. The van der Waals surface area contributed by atoms with E-state index in [1.807, 2.05) is 21.6 Å². The number of hydrogen-bond acceptors (Lipinski definition) is 3. The fourth-order valence-electron chi connectivity index (χ4n) is 1.22. The van der Waals surface area contributed by atoms with E-state index in [4.69, 9.17) is 5.11 Å². The molecule has 1 aliphatic rings. The van der Waals surface area contributed by atoms with Crippen molar-refractivity contribution >= 4 is 27.6 Å².